The molecule has 0 saturated carbocycles. The van der Waals surface area contributed by atoms with Crippen LogP contribution in [0.2, 0.25) is 0 Å². The maximum atomic E-state index is 12.8. The molecule has 0 aliphatic heterocycles. The van der Waals surface area contributed by atoms with Gasteiger partial charge < -0.3 is 19.4 Å². The highest BCUT2D eigenvalue weighted by molar-refractivity contribution is 7.92. The normalized spacial score (nSPS) is 13.6. The predicted octanol–water partition coefficient (Wildman–Crippen LogP) is 2.78. The van der Waals surface area contributed by atoms with E-state index in [0.29, 0.717) is 11.9 Å². The number of carbonyl (C=O) groups excluding carboxylic acids is 4. The summed E-state index contributed by atoms with van der Waals surface area (Å²) in [5.41, 5.74) is 2.71. The number of anilines is 1. The molecule has 3 aromatic rings. The number of benzene rings is 1. The number of methoxy groups -OCH3 is 1. The number of hydrogen-bond donors (Lipinski definition) is 1. The third-order valence-corrected chi connectivity index (χ3v) is 9.81. The summed E-state index contributed by atoms with van der Waals surface area (Å²) in [4.78, 5) is 55.1. The highest BCUT2D eigenvalue weighted by atomic mass is 32.2. The van der Waals surface area contributed by atoms with Gasteiger partial charge >= 0.3 is 11.9 Å². The molecule has 1 aliphatic rings. The van der Waals surface area contributed by atoms with Gasteiger partial charge in [-0.25, -0.2) is 13.2 Å². The van der Waals surface area contributed by atoms with Gasteiger partial charge in [0.25, 0.3) is 5.91 Å². The first-order chi connectivity index (χ1) is 19.0. The number of sulfone groups is 1. The van der Waals surface area contributed by atoms with Crippen molar-refractivity contribution >= 4 is 71.5 Å². The monoisotopic (exact) mass is 607 g/mol. The van der Waals surface area contributed by atoms with Gasteiger partial charge in [0.15, 0.2) is 14.6 Å². The first-order valence-corrected chi connectivity index (χ1v) is 16.0. The number of nitrogens with zero attached hydrogens (tertiary/aromatic N) is 2. The molecule has 0 unspecified atom stereocenters. The minimum Gasteiger partial charge on any atom is -0.468 e. The van der Waals surface area contributed by atoms with Gasteiger partial charge in [0.05, 0.1) is 29.5 Å². The minimum atomic E-state index is -4.21. The van der Waals surface area contributed by atoms with Crippen LogP contribution in [0.4, 0.5) is 5.00 Å². The van der Waals surface area contributed by atoms with Crippen molar-refractivity contribution in [3.63, 3.8) is 0 Å². The molecule has 0 fully saturated rings. The van der Waals surface area contributed by atoms with Crippen molar-refractivity contribution < 1.29 is 37.1 Å². The Bertz CT molecular complexity index is 1660. The van der Waals surface area contributed by atoms with Gasteiger partial charge in [0, 0.05) is 4.88 Å². The lowest BCUT2D eigenvalue weighted by Gasteiger charge is -2.12. The average molecular weight is 608 g/mol. The molecule has 4 rings (SSSR count). The molecule has 0 atom stereocenters. The number of amides is 2. The Morgan fingerprint density at radius 1 is 1.10 bits per heavy atom. The van der Waals surface area contributed by atoms with Crippen LogP contribution in [0, 0.1) is 6.92 Å². The number of nitrogens with one attached hydrogen (secondary N) is 1. The Morgan fingerprint density at radius 2 is 1.85 bits per heavy atom. The van der Waals surface area contributed by atoms with E-state index in [2.05, 4.69) is 10.3 Å². The van der Waals surface area contributed by atoms with Crippen LogP contribution >= 0.6 is 22.7 Å². The number of ether oxygens (including phenoxy) is 2. The fraction of sp³-hybridized carbons (Fsp3) is 0.423. The van der Waals surface area contributed by atoms with Gasteiger partial charge in [0.1, 0.15) is 23.1 Å². The summed E-state index contributed by atoms with van der Waals surface area (Å²) in [5, 5.41) is 2.81. The zero-order chi connectivity index (χ0) is 29.0. The van der Waals surface area contributed by atoms with Crippen molar-refractivity contribution in [2.45, 2.75) is 46.1 Å². The molecule has 0 spiro atoms. The third kappa shape index (κ3) is 6.85. The Morgan fingerprint density at radius 3 is 2.58 bits per heavy atom. The topological polar surface area (TPSA) is 150 Å². The molecule has 2 aromatic heterocycles. The number of thiophene rings is 1. The summed E-state index contributed by atoms with van der Waals surface area (Å²) in [5.74, 6) is -4.93. The lowest BCUT2D eigenvalue weighted by molar-refractivity contribution is -0.141. The molecule has 14 heteroatoms. The molecule has 2 amide bonds. The predicted molar refractivity (Wildman–Crippen MR) is 151 cm³/mol. The van der Waals surface area contributed by atoms with Crippen molar-refractivity contribution in [1.82, 2.24) is 4.57 Å². The Hall–Kier alpha value is -3.36. The van der Waals surface area contributed by atoms with Crippen molar-refractivity contribution in [1.29, 1.82) is 0 Å². The Labute approximate surface area is 238 Å². The van der Waals surface area contributed by atoms with Crippen LogP contribution in [0.1, 0.15) is 46.1 Å². The van der Waals surface area contributed by atoms with Gasteiger partial charge in [-0.15, -0.1) is 11.3 Å². The van der Waals surface area contributed by atoms with Crippen molar-refractivity contribution in [2.24, 2.45) is 4.99 Å². The first kappa shape index (κ1) is 29.6. The van der Waals surface area contributed by atoms with Crippen LogP contribution < -0.4 is 10.1 Å². The van der Waals surface area contributed by atoms with Crippen molar-refractivity contribution in [2.75, 3.05) is 30.5 Å². The smallest absolute Gasteiger partial charge is 0.341 e. The van der Waals surface area contributed by atoms with Gasteiger partial charge in [-0.1, -0.05) is 17.4 Å². The molecule has 11 nitrogen and oxygen atoms in total. The molecular formula is C26H29N3O8S3. The van der Waals surface area contributed by atoms with E-state index in [4.69, 9.17) is 9.47 Å². The largest absolute Gasteiger partial charge is 0.468 e. The number of aryl methyl sites for hydroxylation is 2. The molecule has 1 aromatic carbocycles. The molecule has 214 valence electrons. The lowest BCUT2D eigenvalue weighted by atomic mass is 9.95. The maximum Gasteiger partial charge on any atom is 0.341 e. The van der Waals surface area contributed by atoms with Crippen LogP contribution in [-0.2, 0) is 53.1 Å². The first-order valence-electron chi connectivity index (χ1n) is 12.6. The molecule has 0 bridgehead atoms. The minimum absolute atomic E-state index is 0.138. The van der Waals surface area contributed by atoms with E-state index in [9.17, 15) is 27.6 Å². The van der Waals surface area contributed by atoms with Gasteiger partial charge in [0.2, 0.25) is 5.91 Å². The lowest BCUT2D eigenvalue weighted by Crippen LogP contribution is -2.29. The second-order valence-corrected chi connectivity index (χ2v) is 13.4. The summed E-state index contributed by atoms with van der Waals surface area (Å²) in [6.45, 7) is 3.52. The summed E-state index contributed by atoms with van der Waals surface area (Å²) < 4.78 is 37.7. The van der Waals surface area contributed by atoms with Gasteiger partial charge in [-0.05, 0) is 62.8 Å². The van der Waals surface area contributed by atoms with E-state index >= 15 is 0 Å². The quantitative estimate of drug-likeness (QED) is 0.365. The van der Waals surface area contributed by atoms with Gasteiger partial charge in [-0.2, -0.15) is 4.99 Å². The summed E-state index contributed by atoms with van der Waals surface area (Å²) in [6.07, 6.45) is 3.31. The number of fused-ring (bicyclic) bond motifs is 2. The standard InChI is InChI=1S/C26H29N3O8S3/c1-4-37-25(33)23-16-7-5-6-8-18(16)38-24(23)27-20(30)13-40(34,35)14-21(31)28-26-29(12-22(32)36-3)17-10-9-15(2)11-19(17)39-26/h9-11H,4-8,12-14H2,1-3H3,(H,27,30). The van der Waals surface area contributed by atoms with Crippen LogP contribution in [-0.4, -0.2) is 62.0 Å². The maximum absolute atomic E-state index is 12.8. The Kier molecular flexibility index (Phi) is 9.21. The van der Waals surface area contributed by atoms with Crippen LogP contribution in [0.5, 0.6) is 0 Å². The third-order valence-electron chi connectivity index (χ3n) is 6.17. The van der Waals surface area contributed by atoms with E-state index in [1.165, 1.54) is 23.0 Å². The molecule has 1 N–H and O–H groups in total. The van der Waals surface area contributed by atoms with Crippen LogP contribution in [0.15, 0.2) is 23.2 Å². The number of esters is 2. The van der Waals surface area contributed by atoms with Crippen molar-refractivity contribution in [3.8, 4) is 0 Å². The molecular weight excluding hydrogens is 579 g/mol. The van der Waals surface area contributed by atoms with Crippen LogP contribution in [0.3, 0.4) is 0 Å². The van der Waals surface area contributed by atoms with Gasteiger partial charge in [-0.3, -0.25) is 14.4 Å². The molecule has 1 aliphatic carbocycles. The number of thiazole rings is 1. The number of hydrogen-bond acceptors (Lipinski definition) is 10. The molecule has 40 heavy (non-hydrogen) atoms. The zero-order valence-electron chi connectivity index (χ0n) is 22.3. The zero-order valence-corrected chi connectivity index (χ0v) is 24.7. The van der Waals surface area contributed by atoms with E-state index in [1.54, 1.807) is 13.0 Å². The van der Waals surface area contributed by atoms with E-state index in [-0.39, 0.29) is 28.5 Å². The number of rotatable bonds is 9. The fourth-order valence-electron chi connectivity index (χ4n) is 4.43. The average Bonchev–Trinajstić information content (AvgIpc) is 3.39. The van der Waals surface area contributed by atoms with E-state index < -0.39 is 45.1 Å². The van der Waals surface area contributed by atoms with Crippen molar-refractivity contribution in [3.05, 3.63) is 44.6 Å². The highest BCUT2D eigenvalue weighted by Crippen LogP contribution is 2.38. The SMILES string of the molecule is CCOC(=O)c1c(NC(=O)CS(=O)(=O)CC(=O)N=c2sc3cc(C)ccc3n2CC(=O)OC)sc2c1CCCC2. The highest BCUT2D eigenvalue weighted by Gasteiger charge is 2.29. The number of aromatic nitrogens is 1. The molecule has 2 heterocycles. The fourth-order valence-corrected chi connectivity index (χ4v) is 7.88. The van der Waals surface area contributed by atoms with E-state index in [0.717, 1.165) is 51.3 Å². The van der Waals surface area contributed by atoms with Crippen LogP contribution in [0.25, 0.3) is 10.2 Å². The summed E-state index contributed by atoms with van der Waals surface area (Å²) >= 11 is 2.38. The summed E-state index contributed by atoms with van der Waals surface area (Å²) in [7, 11) is -2.97. The second kappa shape index (κ2) is 12.4. The van der Waals surface area contributed by atoms with E-state index in [1.807, 2.05) is 19.1 Å². The molecule has 0 saturated heterocycles. The summed E-state index contributed by atoms with van der Waals surface area (Å²) in [6, 6.07) is 5.49. The molecule has 0 radical (unpaired) electrons. The number of carbonyl (C=O) groups is 4. The Balaban J connectivity index is 1.52. The second-order valence-electron chi connectivity index (χ2n) is 9.24.